The van der Waals surface area contributed by atoms with Crippen molar-refractivity contribution in [1.82, 2.24) is 4.98 Å². The van der Waals surface area contributed by atoms with Gasteiger partial charge in [-0.15, -0.1) is 11.3 Å². The maximum atomic E-state index is 12.1. The van der Waals surface area contributed by atoms with Crippen molar-refractivity contribution in [3.8, 4) is 10.8 Å². The first-order valence-corrected chi connectivity index (χ1v) is 7.98. The number of rotatable bonds is 4. The van der Waals surface area contributed by atoms with E-state index in [9.17, 15) is 4.79 Å². The molecule has 4 nitrogen and oxygen atoms in total. The van der Waals surface area contributed by atoms with Gasteiger partial charge in [-0.25, -0.2) is 4.98 Å². The predicted octanol–water partition coefficient (Wildman–Crippen LogP) is 4.89. The fourth-order valence-electron chi connectivity index (χ4n) is 1.85. The summed E-state index contributed by atoms with van der Waals surface area (Å²) in [7, 11) is 0. The summed E-state index contributed by atoms with van der Waals surface area (Å²) < 4.78 is 5.28. The summed E-state index contributed by atoms with van der Waals surface area (Å²) in [6.07, 6.45) is 1.74. The summed E-state index contributed by atoms with van der Waals surface area (Å²) in [4.78, 5) is 16.4. The van der Waals surface area contributed by atoms with Crippen LogP contribution < -0.4 is 5.32 Å². The molecule has 0 aliphatic carbocycles. The third-order valence-corrected chi connectivity index (χ3v) is 4.30. The molecule has 1 aromatic carbocycles. The average Bonchev–Trinajstić information content (AvgIpc) is 3.13. The highest BCUT2D eigenvalue weighted by Gasteiger charge is 2.12. The number of carbonyl (C=O) groups excluding carboxylic acids is 1. The molecule has 3 aromatic rings. The van der Waals surface area contributed by atoms with Crippen LogP contribution in [0.25, 0.3) is 10.8 Å². The number of amides is 1. The van der Waals surface area contributed by atoms with E-state index in [2.05, 4.69) is 10.3 Å². The molecule has 1 N–H and O–H groups in total. The van der Waals surface area contributed by atoms with Gasteiger partial charge in [0.25, 0.3) is 0 Å². The van der Waals surface area contributed by atoms with Crippen LogP contribution in [0.5, 0.6) is 0 Å². The van der Waals surface area contributed by atoms with Gasteiger partial charge in [-0.2, -0.15) is 0 Å². The van der Waals surface area contributed by atoms with Crippen molar-refractivity contribution >= 4 is 46.1 Å². The second-order valence-corrected chi connectivity index (χ2v) is 6.17. The maximum absolute atomic E-state index is 12.1. The first kappa shape index (κ1) is 15.1. The molecule has 7 heteroatoms. The normalized spacial score (nSPS) is 10.6. The highest BCUT2D eigenvalue weighted by molar-refractivity contribution is 7.13. The highest BCUT2D eigenvalue weighted by atomic mass is 35.5. The van der Waals surface area contributed by atoms with Gasteiger partial charge in [-0.05, 0) is 30.3 Å². The Bertz CT molecular complexity index is 800. The fourth-order valence-corrected chi connectivity index (χ4v) is 2.98. The molecule has 0 saturated heterocycles. The van der Waals surface area contributed by atoms with E-state index in [0.29, 0.717) is 27.2 Å². The van der Waals surface area contributed by atoms with Crippen LogP contribution >= 0.6 is 34.5 Å². The molecule has 0 unspecified atom stereocenters. The van der Waals surface area contributed by atoms with Crippen LogP contribution in [0.15, 0.2) is 46.4 Å². The minimum Gasteiger partial charge on any atom is -0.462 e. The second-order valence-electron chi connectivity index (χ2n) is 4.47. The van der Waals surface area contributed by atoms with E-state index in [0.717, 1.165) is 5.01 Å². The van der Waals surface area contributed by atoms with Gasteiger partial charge in [0.15, 0.2) is 10.8 Å². The van der Waals surface area contributed by atoms with Crippen molar-refractivity contribution in [2.24, 2.45) is 0 Å². The van der Waals surface area contributed by atoms with Gasteiger partial charge in [0.05, 0.1) is 29.1 Å². The first-order chi connectivity index (χ1) is 10.6. The van der Waals surface area contributed by atoms with E-state index in [1.54, 1.807) is 30.5 Å². The molecule has 0 radical (unpaired) electrons. The number of furan rings is 1. The molecule has 0 spiro atoms. The van der Waals surface area contributed by atoms with Gasteiger partial charge in [-0.3, -0.25) is 4.79 Å². The molecule has 22 heavy (non-hydrogen) atoms. The first-order valence-electron chi connectivity index (χ1n) is 6.35. The van der Waals surface area contributed by atoms with Crippen LogP contribution in [-0.2, 0) is 11.2 Å². The Morgan fingerprint density at radius 1 is 1.32 bits per heavy atom. The van der Waals surface area contributed by atoms with Gasteiger partial charge in [0, 0.05) is 10.4 Å². The topological polar surface area (TPSA) is 55.1 Å². The molecule has 2 aromatic heterocycles. The van der Waals surface area contributed by atoms with Crippen molar-refractivity contribution in [3.63, 3.8) is 0 Å². The van der Waals surface area contributed by atoms with Crippen LogP contribution in [0.2, 0.25) is 10.0 Å². The number of halogens is 2. The molecule has 0 fully saturated rings. The Morgan fingerprint density at radius 3 is 2.95 bits per heavy atom. The Labute approximate surface area is 140 Å². The zero-order valence-electron chi connectivity index (χ0n) is 11.2. The minimum atomic E-state index is -0.208. The summed E-state index contributed by atoms with van der Waals surface area (Å²) in [5.74, 6) is 0.481. The molecule has 0 aliphatic heterocycles. The summed E-state index contributed by atoms with van der Waals surface area (Å²) in [6.45, 7) is 0. The lowest BCUT2D eigenvalue weighted by Crippen LogP contribution is -2.14. The summed E-state index contributed by atoms with van der Waals surface area (Å²) in [5, 5.41) is 6.25. The molecular formula is C15H10Cl2N2O2S. The average molecular weight is 353 g/mol. The van der Waals surface area contributed by atoms with E-state index in [4.69, 9.17) is 27.6 Å². The largest absolute Gasteiger partial charge is 0.462 e. The number of hydrogen-bond acceptors (Lipinski definition) is 4. The zero-order valence-corrected chi connectivity index (χ0v) is 13.5. The number of nitrogens with one attached hydrogen (secondary N) is 1. The van der Waals surface area contributed by atoms with E-state index < -0.39 is 0 Å². The molecule has 0 aliphatic rings. The fraction of sp³-hybridized carbons (Fsp3) is 0.0667. The van der Waals surface area contributed by atoms with E-state index >= 15 is 0 Å². The van der Waals surface area contributed by atoms with E-state index in [1.807, 2.05) is 11.4 Å². The molecule has 1 amide bonds. The van der Waals surface area contributed by atoms with Crippen molar-refractivity contribution < 1.29 is 9.21 Å². The molecule has 3 rings (SSSR count). The number of aromatic nitrogens is 1. The lowest BCUT2D eigenvalue weighted by atomic mass is 10.3. The monoisotopic (exact) mass is 352 g/mol. The molecular weight excluding hydrogens is 343 g/mol. The van der Waals surface area contributed by atoms with Gasteiger partial charge >= 0.3 is 0 Å². The van der Waals surface area contributed by atoms with Crippen molar-refractivity contribution in [2.45, 2.75) is 6.42 Å². The molecule has 112 valence electrons. The van der Waals surface area contributed by atoms with Crippen molar-refractivity contribution in [3.05, 3.63) is 57.7 Å². The standard InChI is InChI=1S/C15H10Cl2N2O2S/c16-9-3-4-11(17)12(6-9)19-14(20)7-10-8-22-15(18-10)13-2-1-5-21-13/h1-6,8H,7H2,(H,19,20). The highest BCUT2D eigenvalue weighted by Crippen LogP contribution is 2.26. The Morgan fingerprint density at radius 2 is 2.18 bits per heavy atom. The van der Waals surface area contributed by atoms with Crippen LogP contribution in [0.4, 0.5) is 5.69 Å². The molecule has 0 bridgehead atoms. The minimum absolute atomic E-state index is 0.153. The summed E-state index contributed by atoms with van der Waals surface area (Å²) in [5.41, 5.74) is 1.16. The maximum Gasteiger partial charge on any atom is 0.230 e. The third kappa shape index (κ3) is 3.50. The Hall–Kier alpha value is -1.82. The third-order valence-electron chi connectivity index (χ3n) is 2.83. The lowest BCUT2D eigenvalue weighted by molar-refractivity contribution is -0.115. The number of anilines is 1. The molecule has 0 saturated carbocycles. The van der Waals surface area contributed by atoms with Gasteiger partial charge in [0.2, 0.25) is 5.91 Å². The van der Waals surface area contributed by atoms with E-state index in [1.165, 1.54) is 11.3 Å². The van der Waals surface area contributed by atoms with Crippen LogP contribution in [0, 0.1) is 0 Å². The molecule has 2 heterocycles. The smallest absolute Gasteiger partial charge is 0.230 e. The van der Waals surface area contributed by atoms with Gasteiger partial charge < -0.3 is 9.73 Å². The summed E-state index contributed by atoms with van der Waals surface area (Å²) >= 11 is 13.3. The SMILES string of the molecule is O=C(Cc1csc(-c2ccco2)n1)Nc1cc(Cl)ccc1Cl. The number of hydrogen-bond donors (Lipinski definition) is 1. The summed E-state index contributed by atoms with van der Waals surface area (Å²) in [6, 6.07) is 8.53. The van der Waals surface area contributed by atoms with Crippen LogP contribution in [-0.4, -0.2) is 10.9 Å². The van der Waals surface area contributed by atoms with Gasteiger partial charge in [-0.1, -0.05) is 23.2 Å². The van der Waals surface area contributed by atoms with Crippen LogP contribution in [0.1, 0.15) is 5.69 Å². The molecule has 0 atom stereocenters. The quantitative estimate of drug-likeness (QED) is 0.726. The number of benzene rings is 1. The second kappa shape index (κ2) is 6.52. The lowest BCUT2D eigenvalue weighted by Gasteiger charge is -2.06. The van der Waals surface area contributed by atoms with E-state index in [-0.39, 0.29) is 12.3 Å². The van der Waals surface area contributed by atoms with Gasteiger partial charge in [0.1, 0.15) is 0 Å². The Kier molecular flexibility index (Phi) is 4.47. The van der Waals surface area contributed by atoms with Crippen LogP contribution in [0.3, 0.4) is 0 Å². The van der Waals surface area contributed by atoms with Crippen molar-refractivity contribution in [1.29, 1.82) is 0 Å². The Balaban J connectivity index is 1.68. The number of thiazole rings is 1. The number of nitrogens with zero attached hydrogens (tertiary/aromatic N) is 1. The van der Waals surface area contributed by atoms with Crippen molar-refractivity contribution in [2.75, 3.05) is 5.32 Å². The predicted molar refractivity (Wildman–Crippen MR) is 88.6 cm³/mol. The number of carbonyl (C=O) groups is 1. The zero-order chi connectivity index (χ0) is 15.5.